The van der Waals surface area contributed by atoms with E-state index in [0.717, 1.165) is 18.9 Å². The fourth-order valence-electron chi connectivity index (χ4n) is 2.97. The second-order valence-electron chi connectivity index (χ2n) is 6.48. The van der Waals surface area contributed by atoms with Crippen LogP contribution in [0.25, 0.3) is 0 Å². The molecule has 2 saturated carbocycles. The Bertz CT molecular complexity index is 436. The van der Waals surface area contributed by atoms with E-state index < -0.39 is 0 Å². The van der Waals surface area contributed by atoms with Gasteiger partial charge in [-0.1, -0.05) is 38.1 Å². The van der Waals surface area contributed by atoms with E-state index in [4.69, 9.17) is 0 Å². The maximum absolute atomic E-state index is 9.76. The first-order chi connectivity index (χ1) is 8.59. The molecule has 98 valence electrons. The largest absolute Gasteiger partial charge is 0.392 e. The number of benzene rings is 1. The lowest BCUT2D eigenvalue weighted by atomic mass is 9.64. The van der Waals surface area contributed by atoms with Gasteiger partial charge in [-0.15, -0.1) is 0 Å². The zero-order valence-electron chi connectivity index (χ0n) is 11.3. The highest BCUT2D eigenvalue weighted by molar-refractivity contribution is 5.33. The smallest absolute Gasteiger partial charge is 0.0621 e. The fraction of sp³-hybridized carbons (Fsp3) is 0.625. The molecule has 18 heavy (non-hydrogen) atoms. The molecule has 0 saturated heterocycles. The Labute approximate surface area is 109 Å². The molecular formula is C16H23NO. The van der Waals surface area contributed by atoms with E-state index >= 15 is 0 Å². The molecule has 2 N–H and O–H groups in total. The van der Waals surface area contributed by atoms with Gasteiger partial charge in [-0.3, -0.25) is 0 Å². The van der Waals surface area contributed by atoms with Crippen molar-refractivity contribution in [2.24, 2.45) is 5.41 Å². The zero-order valence-corrected chi connectivity index (χ0v) is 11.3. The molecule has 3 rings (SSSR count). The summed E-state index contributed by atoms with van der Waals surface area (Å²) in [5.74, 6) is 0.808. The molecule has 2 unspecified atom stereocenters. The minimum atomic E-state index is -0.145. The van der Waals surface area contributed by atoms with Crippen molar-refractivity contribution in [1.29, 1.82) is 0 Å². The lowest BCUT2D eigenvalue weighted by Gasteiger charge is -2.49. The van der Waals surface area contributed by atoms with Crippen LogP contribution in [0, 0.1) is 5.41 Å². The van der Waals surface area contributed by atoms with Gasteiger partial charge in [0.1, 0.15) is 0 Å². The molecule has 2 nitrogen and oxygen atoms in total. The number of aliphatic hydroxyl groups is 1. The summed E-state index contributed by atoms with van der Waals surface area (Å²) in [7, 11) is 0. The molecule has 0 heterocycles. The molecule has 1 aromatic rings. The molecule has 0 spiro atoms. The van der Waals surface area contributed by atoms with Crippen LogP contribution in [0.3, 0.4) is 0 Å². The van der Waals surface area contributed by atoms with E-state index in [1.807, 2.05) is 0 Å². The third kappa shape index (κ3) is 2.08. The van der Waals surface area contributed by atoms with Crippen LogP contribution < -0.4 is 5.32 Å². The molecule has 0 bridgehead atoms. The van der Waals surface area contributed by atoms with Crippen LogP contribution in [-0.2, 0) is 6.54 Å². The van der Waals surface area contributed by atoms with E-state index in [0.29, 0.717) is 6.04 Å². The Kier molecular flexibility index (Phi) is 2.95. The predicted molar refractivity (Wildman–Crippen MR) is 73.4 cm³/mol. The lowest BCUT2D eigenvalue weighted by molar-refractivity contribution is -0.0730. The van der Waals surface area contributed by atoms with Gasteiger partial charge in [-0.25, -0.2) is 0 Å². The third-order valence-corrected chi connectivity index (χ3v) is 4.83. The predicted octanol–water partition coefficient (Wildman–Crippen LogP) is 2.81. The van der Waals surface area contributed by atoms with Gasteiger partial charge in [-0.2, -0.15) is 0 Å². The van der Waals surface area contributed by atoms with Crippen LogP contribution in [0.5, 0.6) is 0 Å². The number of nitrogens with one attached hydrogen (secondary N) is 1. The first-order valence-corrected chi connectivity index (χ1v) is 7.08. The number of rotatable bonds is 4. The van der Waals surface area contributed by atoms with Gasteiger partial charge in [-0.05, 0) is 36.3 Å². The van der Waals surface area contributed by atoms with Crippen LogP contribution in [0.15, 0.2) is 24.3 Å². The monoisotopic (exact) mass is 245 g/mol. The standard InChI is InChI=1S/C16H23NO/c1-16(2)14(9-15(16)18)17-10-12-5-3-4-6-13(12)11-7-8-11/h3-6,11,14-15,17-18H,7-10H2,1-2H3. The van der Waals surface area contributed by atoms with Crippen molar-refractivity contribution in [2.75, 3.05) is 0 Å². The number of hydrogen-bond acceptors (Lipinski definition) is 2. The Balaban J connectivity index is 1.64. The van der Waals surface area contributed by atoms with E-state index in [9.17, 15) is 5.11 Å². The molecule has 2 aliphatic carbocycles. The molecule has 0 amide bonds. The lowest BCUT2D eigenvalue weighted by Crippen LogP contribution is -2.59. The summed E-state index contributed by atoms with van der Waals surface area (Å²) < 4.78 is 0. The van der Waals surface area contributed by atoms with Crippen molar-refractivity contribution in [3.63, 3.8) is 0 Å². The first kappa shape index (κ1) is 12.2. The number of aliphatic hydroxyl groups excluding tert-OH is 1. The topological polar surface area (TPSA) is 32.3 Å². The van der Waals surface area contributed by atoms with Gasteiger partial charge in [0, 0.05) is 18.0 Å². The van der Waals surface area contributed by atoms with Crippen LogP contribution in [0.4, 0.5) is 0 Å². The van der Waals surface area contributed by atoms with Gasteiger partial charge in [0.25, 0.3) is 0 Å². The Morgan fingerprint density at radius 2 is 2.00 bits per heavy atom. The van der Waals surface area contributed by atoms with Crippen molar-refractivity contribution >= 4 is 0 Å². The molecule has 2 atom stereocenters. The molecular weight excluding hydrogens is 222 g/mol. The first-order valence-electron chi connectivity index (χ1n) is 7.08. The highest BCUT2D eigenvalue weighted by Crippen LogP contribution is 2.43. The molecule has 0 aromatic heterocycles. The van der Waals surface area contributed by atoms with Crippen molar-refractivity contribution in [3.05, 3.63) is 35.4 Å². The van der Waals surface area contributed by atoms with Gasteiger partial charge in [0.05, 0.1) is 6.10 Å². The molecule has 2 heteroatoms. The molecule has 2 fully saturated rings. The van der Waals surface area contributed by atoms with Crippen molar-refractivity contribution in [2.45, 2.75) is 57.7 Å². The van der Waals surface area contributed by atoms with E-state index in [1.54, 1.807) is 0 Å². The van der Waals surface area contributed by atoms with Gasteiger partial charge >= 0.3 is 0 Å². The van der Waals surface area contributed by atoms with E-state index in [2.05, 4.69) is 43.4 Å². The third-order valence-electron chi connectivity index (χ3n) is 4.83. The van der Waals surface area contributed by atoms with Crippen LogP contribution in [0.2, 0.25) is 0 Å². The molecule has 0 radical (unpaired) electrons. The minimum absolute atomic E-state index is 0.0223. The van der Waals surface area contributed by atoms with Crippen LogP contribution in [0.1, 0.15) is 50.2 Å². The maximum Gasteiger partial charge on any atom is 0.0621 e. The van der Waals surface area contributed by atoms with Gasteiger partial charge in [0.2, 0.25) is 0 Å². The molecule has 2 aliphatic rings. The van der Waals surface area contributed by atoms with Crippen molar-refractivity contribution in [3.8, 4) is 0 Å². The second kappa shape index (κ2) is 4.36. The summed E-state index contributed by atoms with van der Waals surface area (Å²) in [5.41, 5.74) is 2.99. The Morgan fingerprint density at radius 3 is 2.61 bits per heavy atom. The Hall–Kier alpha value is -0.860. The highest BCUT2D eigenvalue weighted by atomic mass is 16.3. The summed E-state index contributed by atoms with van der Waals surface area (Å²) in [6.07, 6.45) is 3.45. The average Bonchev–Trinajstić information content (AvgIpc) is 3.19. The van der Waals surface area contributed by atoms with E-state index in [-0.39, 0.29) is 11.5 Å². The summed E-state index contributed by atoms with van der Waals surface area (Å²) in [4.78, 5) is 0. The fourth-order valence-corrected chi connectivity index (χ4v) is 2.97. The SMILES string of the molecule is CC1(C)C(O)CC1NCc1ccccc1C1CC1. The minimum Gasteiger partial charge on any atom is -0.392 e. The van der Waals surface area contributed by atoms with Gasteiger partial charge in [0.15, 0.2) is 0 Å². The highest BCUT2D eigenvalue weighted by Gasteiger charge is 2.46. The summed E-state index contributed by atoms with van der Waals surface area (Å²) >= 11 is 0. The molecule has 1 aromatic carbocycles. The maximum atomic E-state index is 9.76. The normalized spacial score (nSPS) is 29.9. The second-order valence-corrected chi connectivity index (χ2v) is 6.48. The van der Waals surface area contributed by atoms with Crippen molar-refractivity contribution < 1.29 is 5.11 Å². The summed E-state index contributed by atoms with van der Waals surface area (Å²) in [6, 6.07) is 9.23. The van der Waals surface area contributed by atoms with Gasteiger partial charge < -0.3 is 10.4 Å². The Morgan fingerprint density at radius 1 is 1.28 bits per heavy atom. The summed E-state index contributed by atoms with van der Waals surface area (Å²) in [5, 5.41) is 13.4. The van der Waals surface area contributed by atoms with Crippen LogP contribution >= 0.6 is 0 Å². The average molecular weight is 245 g/mol. The van der Waals surface area contributed by atoms with Crippen LogP contribution in [-0.4, -0.2) is 17.3 Å². The van der Waals surface area contributed by atoms with E-state index in [1.165, 1.54) is 24.0 Å². The van der Waals surface area contributed by atoms with Crippen molar-refractivity contribution in [1.82, 2.24) is 5.32 Å². The summed E-state index contributed by atoms with van der Waals surface area (Å²) in [6.45, 7) is 5.23. The number of hydrogen-bond donors (Lipinski definition) is 2. The zero-order chi connectivity index (χ0) is 12.8. The molecule has 0 aliphatic heterocycles. The quantitative estimate of drug-likeness (QED) is 0.855.